The van der Waals surface area contributed by atoms with Crippen LogP contribution < -0.4 is 0 Å². The van der Waals surface area contributed by atoms with E-state index in [0.717, 1.165) is 12.0 Å². The number of hydrogen-bond acceptors (Lipinski definition) is 3. The van der Waals surface area contributed by atoms with Crippen molar-refractivity contribution < 1.29 is 14.3 Å². The molecule has 0 aliphatic heterocycles. The Balaban J connectivity index is 3.70. The fourth-order valence-corrected chi connectivity index (χ4v) is 0.595. The second-order valence-corrected chi connectivity index (χ2v) is 2.26. The molecule has 64 valence electrons. The minimum atomic E-state index is -0.307. The van der Waals surface area contributed by atoms with Gasteiger partial charge in [-0.15, -0.1) is 0 Å². The highest BCUT2D eigenvalue weighted by Gasteiger charge is 1.95. The molecule has 0 saturated heterocycles. The Hall–Kier alpha value is -0.830. The van der Waals surface area contributed by atoms with E-state index in [2.05, 4.69) is 4.74 Å². The van der Waals surface area contributed by atoms with E-state index in [4.69, 9.17) is 4.74 Å². The van der Waals surface area contributed by atoms with Gasteiger partial charge in [0.1, 0.15) is 0 Å². The summed E-state index contributed by atoms with van der Waals surface area (Å²) in [5.74, 6) is -0.307. The summed E-state index contributed by atoms with van der Waals surface area (Å²) in [7, 11) is 2.99. The quantitative estimate of drug-likeness (QED) is 0.454. The first-order valence-electron chi connectivity index (χ1n) is 3.44. The van der Waals surface area contributed by atoms with Gasteiger partial charge in [0.25, 0.3) is 0 Å². The fraction of sp³-hybridized carbons (Fsp3) is 0.625. The lowest BCUT2D eigenvalue weighted by Gasteiger charge is -1.98. The Morgan fingerprint density at radius 3 is 2.55 bits per heavy atom. The zero-order chi connectivity index (χ0) is 8.69. The third-order valence-electron chi connectivity index (χ3n) is 1.27. The first-order valence-corrected chi connectivity index (χ1v) is 3.44. The number of methoxy groups -OCH3 is 2. The Morgan fingerprint density at radius 2 is 2.09 bits per heavy atom. The van der Waals surface area contributed by atoms with Crippen molar-refractivity contribution in [3.63, 3.8) is 0 Å². The van der Waals surface area contributed by atoms with Crippen LogP contribution in [0.2, 0.25) is 0 Å². The van der Waals surface area contributed by atoms with Crippen molar-refractivity contribution in [1.29, 1.82) is 0 Å². The summed E-state index contributed by atoms with van der Waals surface area (Å²) in [6.07, 6.45) is 2.24. The maximum Gasteiger partial charge on any atom is 0.330 e. The molecule has 3 heteroatoms. The van der Waals surface area contributed by atoms with Crippen LogP contribution in [-0.2, 0) is 14.3 Å². The highest BCUT2D eigenvalue weighted by Crippen LogP contribution is 1.99. The second-order valence-electron chi connectivity index (χ2n) is 2.26. The normalized spacial score (nSPS) is 11.4. The topological polar surface area (TPSA) is 35.5 Å². The molecule has 3 nitrogen and oxygen atoms in total. The van der Waals surface area contributed by atoms with Crippen LogP contribution in [-0.4, -0.2) is 26.8 Å². The average Bonchev–Trinajstić information content (AvgIpc) is 2.00. The average molecular weight is 158 g/mol. The van der Waals surface area contributed by atoms with Gasteiger partial charge in [-0.3, -0.25) is 0 Å². The highest BCUT2D eigenvalue weighted by atomic mass is 16.5. The van der Waals surface area contributed by atoms with Gasteiger partial charge >= 0.3 is 5.97 Å². The first-order chi connectivity index (χ1) is 5.20. The van der Waals surface area contributed by atoms with E-state index in [9.17, 15) is 4.79 Å². The molecule has 0 fully saturated rings. The largest absolute Gasteiger partial charge is 0.466 e. The third kappa shape index (κ3) is 5.61. The molecule has 0 radical (unpaired) electrons. The van der Waals surface area contributed by atoms with Crippen LogP contribution in [0.15, 0.2) is 11.6 Å². The maximum atomic E-state index is 10.6. The molecule has 0 unspecified atom stereocenters. The fourth-order valence-electron chi connectivity index (χ4n) is 0.595. The van der Waals surface area contributed by atoms with Crippen LogP contribution >= 0.6 is 0 Å². The van der Waals surface area contributed by atoms with E-state index in [1.807, 2.05) is 6.92 Å². The molecule has 0 amide bonds. The molecule has 0 aliphatic carbocycles. The monoisotopic (exact) mass is 158 g/mol. The molecule has 0 rings (SSSR count). The molecule has 0 aromatic heterocycles. The van der Waals surface area contributed by atoms with Gasteiger partial charge in [-0.25, -0.2) is 4.79 Å². The molecule has 0 heterocycles. The highest BCUT2D eigenvalue weighted by molar-refractivity contribution is 5.82. The van der Waals surface area contributed by atoms with Gasteiger partial charge in [0.15, 0.2) is 0 Å². The number of carbonyl (C=O) groups excluding carboxylic acids is 1. The summed E-state index contributed by atoms with van der Waals surface area (Å²) in [4.78, 5) is 10.6. The third-order valence-corrected chi connectivity index (χ3v) is 1.27. The van der Waals surface area contributed by atoms with Crippen molar-refractivity contribution >= 4 is 5.97 Å². The van der Waals surface area contributed by atoms with Crippen LogP contribution in [0, 0.1) is 0 Å². The molecule has 0 spiro atoms. The lowest BCUT2D eigenvalue weighted by Crippen LogP contribution is -1.97. The van der Waals surface area contributed by atoms with Crippen molar-refractivity contribution in [3.05, 3.63) is 11.6 Å². The van der Waals surface area contributed by atoms with Gasteiger partial charge in [0, 0.05) is 19.8 Å². The van der Waals surface area contributed by atoms with Crippen molar-refractivity contribution in [2.24, 2.45) is 0 Å². The maximum absolute atomic E-state index is 10.6. The van der Waals surface area contributed by atoms with Crippen molar-refractivity contribution in [1.82, 2.24) is 0 Å². The minimum Gasteiger partial charge on any atom is -0.466 e. The smallest absolute Gasteiger partial charge is 0.330 e. The van der Waals surface area contributed by atoms with Crippen LogP contribution in [0.1, 0.15) is 13.3 Å². The summed E-state index contributed by atoms with van der Waals surface area (Å²) in [6, 6.07) is 0. The molecule has 0 atom stereocenters. The molecule has 0 aliphatic rings. The number of rotatable bonds is 4. The Morgan fingerprint density at radius 1 is 1.45 bits per heavy atom. The van der Waals surface area contributed by atoms with Gasteiger partial charge in [0.2, 0.25) is 0 Å². The van der Waals surface area contributed by atoms with Gasteiger partial charge in [-0.2, -0.15) is 0 Å². The molecule has 0 N–H and O–H groups in total. The first kappa shape index (κ1) is 10.2. The number of carbonyl (C=O) groups is 1. The van der Waals surface area contributed by atoms with Crippen LogP contribution in [0.5, 0.6) is 0 Å². The Kier molecular flexibility index (Phi) is 5.47. The van der Waals surface area contributed by atoms with E-state index in [-0.39, 0.29) is 5.97 Å². The van der Waals surface area contributed by atoms with Crippen molar-refractivity contribution in [2.45, 2.75) is 13.3 Å². The molecule has 0 aromatic carbocycles. The van der Waals surface area contributed by atoms with E-state index in [1.54, 1.807) is 7.11 Å². The number of ether oxygens (including phenoxy) is 2. The van der Waals surface area contributed by atoms with Crippen molar-refractivity contribution in [2.75, 3.05) is 20.8 Å². The molecule has 0 saturated carbocycles. The zero-order valence-corrected chi connectivity index (χ0v) is 7.22. The lowest BCUT2D eigenvalue weighted by molar-refractivity contribution is -0.134. The van der Waals surface area contributed by atoms with Crippen LogP contribution in [0.3, 0.4) is 0 Å². The van der Waals surface area contributed by atoms with Gasteiger partial charge in [0.05, 0.1) is 7.11 Å². The summed E-state index contributed by atoms with van der Waals surface area (Å²) < 4.78 is 9.28. The van der Waals surface area contributed by atoms with E-state index in [1.165, 1.54) is 13.2 Å². The Labute approximate surface area is 67.0 Å². The standard InChI is InChI=1S/C8H14O3/c1-7(4-5-10-2)6-8(9)11-3/h6H,4-5H2,1-3H3/b7-6+. The summed E-state index contributed by atoms with van der Waals surface area (Å²) in [5.41, 5.74) is 0.971. The number of esters is 1. The van der Waals surface area contributed by atoms with Crippen molar-refractivity contribution in [3.8, 4) is 0 Å². The molecular weight excluding hydrogens is 144 g/mol. The molecule has 0 bridgehead atoms. The predicted molar refractivity (Wildman–Crippen MR) is 42.3 cm³/mol. The molecule has 0 aromatic rings. The van der Waals surface area contributed by atoms with Gasteiger partial charge in [-0.05, 0) is 13.3 Å². The summed E-state index contributed by atoms with van der Waals surface area (Å²) in [5, 5.41) is 0. The van der Waals surface area contributed by atoms with E-state index >= 15 is 0 Å². The van der Waals surface area contributed by atoms with Crippen LogP contribution in [0.25, 0.3) is 0 Å². The van der Waals surface area contributed by atoms with E-state index < -0.39 is 0 Å². The summed E-state index contributed by atoms with van der Waals surface area (Å²) in [6.45, 7) is 2.51. The SMILES string of the molecule is COCC/C(C)=C/C(=O)OC. The number of hydrogen-bond donors (Lipinski definition) is 0. The predicted octanol–water partition coefficient (Wildman–Crippen LogP) is 1.14. The van der Waals surface area contributed by atoms with Gasteiger partial charge < -0.3 is 9.47 Å². The lowest BCUT2D eigenvalue weighted by atomic mass is 10.2. The van der Waals surface area contributed by atoms with Crippen LogP contribution in [0.4, 0.5) is 0 Å². The van der Waals surface area contributed by atoms with Gasteiger partial charge in [-0.1, -0.05) is 5.57 Å². The van der Waals surface area contributed by atoms with E-state index in [0.29, 0.717) is 6.61 Å². The molecular formula is C8H14O3. The molecule has 11 heavy (non-hydrogen) atoms. The Bertz CT molecular complexity index is 149. The second kappa shape index (κ2) is 5.92. The minimum absolute atomic E-state index is 0.307. The summed E-state index contributed by atoms with van der Waals surface area (Å²) >= 11 is 0. The zero-order valence-electron chi connectivity index (χ0n) is 7.22.